The van der Waals surface area contributed by atoms with Crippen molar-refractivity contribution >= 4 is 17.5 Å². The first kappa shape index (κ1) is 23.0. The van der Waals surface area contributed by atoms with E-state index in [1.54, 1.807) is 42.7 Å². The molecule has 0 bridgehead atoms. The van der Waals surface area contributed by atoms with E-state index in [1.807, 2.05) is 4.90 Å². The van der Waals surface area contributed by atoms with Crippen LogP contribution in [0.2, 0.25) is 0 Å². The van der Waals surface area contributed by atoms with Crippen LogP contribution in [0.4, 0.5) is 16.0 Å². The molecule has 0 unspecified atom stereocenters. The van der Waals surface area contributed by atoms with Gasteiger partial charge >= 0.3 is 0 Å². The highest BCUT2D eigenvalue weighted by Crippen LogP contribution is 2.24. The summed E-state index contributed by atoms with van der Waals surface area (Å²) in [6.45, 7) is 6.59. The number of hydrogen-bond donors (Lipinski definition) is 0. The molecular weight excluding hydrogens is 447 g/mol. The predicted molar refractivity (Wildman–Crippen MR) is 133 cm³/mol. The van der Waals surface area contributed by atoms with E-state index >= 15 is 0 Å². The minimum Gasteiger partial charge on any atom is -0.457 e. The van der Waals surface area contributed by atoms with Gasteiger partial charge in [-0.05, 0) is 49.5 Å². The first-order chi connectivity index (χ1) is 17.0. The number of piperazine rings is 2. The molecule has 3 heterocycles. The lowest BCUT2D eigenvalue weighted by molar-refractivity contribution is 0.0746. The Morgan fingerprint density at radius 3 is 2.09 bits per heavy atom. The summed E-state index contributed by atoms with van der Waals surface area (Å²) in [5.74, 6) is 2.56. The van der Waals surface area contributed by atoms with Crippen molar-refractivity contribution in [3.8, 4) is 11.5 Å². The zero-order valence-electron chi connectivity index (χ0n) is 19.8. The van der Waals surface area contributed by atoms with E-state index in [0.717, 1.165) is 37.8 Å². The third kappa shape index (κ3) is 5.51. The monoisotopic (exact) mass is 476 g/mol. The van der Waals surface area contributed by atoms with E-state index in [1.165, 1.54) is 12.1 Å². The summed E-state index contributed by atoms with van der Waals surface area (Å²) in [6, 6.07) is 15.0. The van der Waals surface area contributed by atoms with E-state index in [2.05, 4.69) is 37.8 Å². The van der Waals surface area contributed by atoms with E-state index in [4.69, 9.17) is 4.74 Å². The van der Waals surface area contributed by atoms with Crippen LogP contribution in [-0.2, 0) is 0 Å². The number of hydrogen-bond acceptors (Lipinski definition) is 7. The van der Waals surface area contributed by atoms with Crippen LogP contribution in [0.15, 0.2) is 60.9 Å². The molecule has 3 aromatic rings. The second-order valence-electron chi connectivity index (χ2n) is 8.89. The van der Waals surface area contributed by atoms with Crippen molar-refractivity contribution < 1.29 is 13.9 Å². The lowest BCUT2D eigenvalue weighted by Crippen LogP contribution is -2.49. The van der Waals surface area contributed by atoms with Crippen LogP contribution < -0.4 is 14.5 Å². The second-order valence-corrected chi connectivity index (χ2v) is 8.89. The van der Waals surface area contributed by atoms with Crippen molar-refractivity contribution in [3.05, 3.63) is 72.3 Å². The van der Waals surface area contributed by atoms with E-state index in [9.17, 15) is 9.18 Å². The Labute approximate surface area is 204 Å². The number of amides is 1. The number of nitrogens with zero attached hydrogens (tertiary/aromatic N) is 6. The van der Waals surface area contributed by atoms with Gasteiger partial charge in [0.1, 0.15) is 35.3 Å². The van der Waals surface area contributed by atoms with Crippen LogP contribution in [-0.4, -0.2) is 85.1 Å². The summed E-state index contributed by atoms with van der Waals surface area (Å²) < 4.78 is 18.9. The number of likely N-dealkylation sites (N-methyl/N-ethyl adjacent to an activating group) is 1. The van der Waals surface area contributed by atoms with Gasteiger partial charge in [-0.1, -0.05) is 6.07 Å². The van der Waals surface area contributed by atoms with Crippen LogP contribution in [0.25, 0.3) is 0 Å². The number of anilines is 2. The van der Waals surface area contributed by atoms with Crippen molar-refractivity contribution in [2.45, 2.75) is 0 Å². The molecule has 5 rings (SSSR count). The molecule has 2 saturated heterocycles. The highest BCUT2D eigenvalue weighted by atomic mass is 19.1. The van der Waals surface area contributed by atoms with Crippen molar-refractivity contribution in [3.63, 3.8) is 0 Å². The molecule has 0 radical (unpaired) electrons. The summed E-state index contributed by atoms with van der Waals surface area (Å²) in [7, 11) is 2.14. The fraction of sp³-hybridized carbons (Fsp3) is 0.346. The van der Waals surface area contributed by atoms with Gasteiger partial charge in [-0.2, -0.15) is 0 Å². The van der Waals surface area contributed by atoms with Gasteiger partial charge in [-0.15, -0.1) is 0 Å². The largest absolute Gasteiger partial charge is 0.457 e. The van der Waals surface area contributed by atoms with Gasteiger partial charge in [-0.25, -0.2) is 14.4 Å². The number of aromatic nitrogens is 2. The summed E-state index contributed by atoms with van der Waals surface area (Å²) in [5, 5.41) is 0. The van der Waals surface area contributed by atoms with Crippen molar-refractivity contribution in [2.24, 2.45) is 0 Å². The van der Waals surface area contributed by atoms with E-state index < -0.39 is 0 Å². The molecule has 2 fully saturated rings. The number of halogens is 1. The SMILES string of the molecule is CN1CCN(c2cc(N3CCN(C(=O)c4cccc(Oc5ccc(F)cc5)c4)CC3)ncn2)CC1. The molecule has 0 spiro atoms. The zero-order valence-corrected chi connectivity index (χ0v) is 19.8. The Bertz CT molecular complexity index is 1160. The Morgan fingerprint density at radius 2 is 1.43 bits per heavy atom. The Balaban J connectivity index is 1.19. The molecule has 2 aromatic carbocycles. The smallest absolute Gasteiger partial charge is 0.254 e. The molecule has 0 saturated carbocycles. The Kier molecular flexibility index (Phi) is 6.76. The number of benzene rings is 2. The van der Waals surface area contributed by atoms with Crippen LogP contribution in [0, 0.1) is 5.82 Å². The molecule has 35 heavy (non-hydrogen) atoms. The highest BCUT2D eigenvalue weighted by Gasteiger charge is 2.24. The topological polar surface area (TPSA) is 65.0 Å². The van der Waals surface area contributed by atoms with Gasteiger partial charge in [0.25, 0.3) is 5.91 Å². The standard InChI is InChI=1S/C26H29FN6O2/c1-30-9-11-31(12-10-30)24-18-25(29-19-28-24)32-13-15-33(16-14-32)26(34)20-3-2-4-23(17-20)35-22-7-5-21(27)6-8-22/h2-8,17-19H,9-16H2,1H3. The van der Waals surface area contributed by atoms with Crippen molar-refractivity contribution in [1.82, 2.24) is 19.8 Å². The zero-order chi connectivity index (χ0) is 24.2. The highest BCUT2D eigenvalue weighted by molar-refractivity contribution is 5.94. The van der Waals surface area contributed by atoms with Gasteiger partial charge in [0.05, 0.1) is 0 Å². The molecule has 9 heteroatoms. The quantitative estimate of drug-likeness (QED) is 0.561. The van der Waals surface area contributed by atoms with Crippen LogP contribution >= 0.6 is 0 Å². The fourth-order valence-electron chi connectivity index (χ4n) is 4.37. The lowest BCUT2D eigenvalue weighted by Gasteiger charge is -2.36. The summed E-state index contributed by atoms with van der Waals surface area (Å²) in [5.41, 5.74) is 0.567. The lowest BCUT2D eigenvalue weighted by atomic mass is 10.1. The average Bonchev–Trinajstić information content (AvgIpc) is 2.90. The second kappa shape index (κ2) is 10.3. The van der Waals surface area contributed by atoms with Crippen molar-refractivity contribution in [1.29, 1.82) is 0 Å². The third-order valence-electron chi connectivity index (χ3n) is 6.49. The fourth-order valence-corrected chi connectivity index (χ4v) is 4.37. The van der Waals surface area contributed by atoms with Gasteiger partial charge in [-0.3, -0.25) is 4.79 Å². The van der Waals surface area contributed by atoms with Crippen LogP contribution in [0.3, 0.4) is 0 Å². The number of carbonyl (C=O) groups is 1. The maximum atomic E-state index is 13.1. The number of rotatable bonds is 5. The maximum Gasteiger partial charge on any atom is 0.254 e. The summed E-state index contributed by atoms with van der Waals surface area (Å²) in [6.07, 6.45) is 1.63. The average molecular weight is 477 g/mol. The van der Waals surface area contributed by atoms with Gasteiger partial charge in [0, 0.05) is 64.0 Å². The van der Waals surface area contributed by atoms with Crippen LogP contribution in [0.5, 0.6) is 11.5 Å². The molecule has 1 aromatic heterocycles. The minimum atomic E-state index is -0.321. The van der Waals surface area contributed by atoms with Gasteiger partial charge in [0.2, 0.25) is 0 Å². The first-order valence-corrected chi connectivity index (χ1v) is 11.9. The van der Waals surface area contributed by atoms with Gasteiger partial charge in [0.15, 0.2) is 0 Å². The predicted octanol–water partition coefficient (Wildman–Crippen LogP) is 3.12. The molecule has 0 aliphatic carbocycles. The minimum absolute atomic E-state index is 0.0324. The first-order valence-electron chi connectivity index (χ1n) is 11.9. The third-order valence-corrected chi connectivity index (χ3v) is 6.49. The van der Waals surface area contributed by atoms with Crippen molar-refractivity contribution in [2.75, 3.05) is 69.2 Å². The maximum absolute atomic E-state index is 13.1. The van der Waals surface area contributed by atoms with Crippen LogP contribution in [0.1, 0.15) is 10.4 Å². The molecular formula is C26H29FN6O2. The Hall–Kier alpha value is -3.72. The Morgan fingerprint density at radius 1 is 0.800 bits per heavy atom. The normalized spacial score (nSPS) is 16.9. The number of carbonyl (C=O) groups excluding carboxylic acids is 1. The molecule has 8 nitrogen and oxygen atoms in total. The van der Waals surface area contributed by atoms with E-state index in [-0.39, 0.29) is 11.7 Å². The summed E-state index contributed by atoms with van der Waals surface area (Å²) >= 11 is 0. The van der Waals surface area contributed by atoms with Gasteiger partial charge < -0.3 is 24.3 Å². The molecule has 2 aliphatic heterocycles. The molecule has 182 valence electrons. The molecule has 0 N–H and O–H groups in total. The molecule has 1 amide bonds. The summed E-state index contributed by atoms with van der Waals surface area (Å²) in [4.78, 5) is 30.8. The van der Waals surface area contributed by atoms with E-state index in [0.29, 0.717) is 43.2 Å². The molecule has 0 atom stereocenters. The molecule has 2 aliphatic rings. The number of ether oxygens (including phenoxy) is 1.